The highest BCUT2D eigenvalue weighted by Gasteiger charge is 1.85. The minimum Gasteiger partial charge on any atom is -0.237 e. The summed E-state index contributed by atoms with van der Waals surface area (Å²) < 4.78 is 0. The van der Waals surface area contributed by atoms with Crippen LogP contribution in [0.3, 0.4) is 0 Å². The molecule has 0 saturated heterocycles. The van der Waals surface area contributed by atoms with Gasteiger partial charge in [-0.05, 0) is 25.7 Å². The maximum absolute atomic E-state index is 10.1. The number of hydrogen-bond donors (Lipinski definition) is 0. The summed E-state index contributed by atoms with van der Waals surface area (Å²) in [5.41, 5.74) is 0. The summed E-state index contributed by atoms with van der Waals surface area (Å²) in [5.74, 6) is 0. The number of allylic oxidation sites excluding steroid dienone is 2. The molecule has 0 aliphatic heterocycles. The quantitative estimate of drug-likeness (QED) is 0.390. The van der Waals surface area contributed by atoms with E-state index in [2.05, 4.69) is 19.1 Å². The Morgan fingerprint density at radius 2 is 1.58 bits per heavy atom. The highest BCUT2D eigenvalue weighted by atomic mass is 16.2. The summed E-state index contributed by atoms with van der Waals surface area (Å²) in [5, 5.41) is 10.1. The van der Waals surface area contributed by atoms with Crippen LogP contribution in [0.2, 0.25) is 0 Å². The fourth-order valence-corrected chi connectivity index (χ4v) is 1.10. The van der Waals surface area contributed by atoms with E-state index in [1.807, 2.05) is 0 Å². The first-order valence-corrected chi connectivity index (χ1v) is 5.15. The standard InChI is InChI=1S/C11H21O/c1-2-3-4-5-6-7-8-9-10-11-12/h5-6H,2-4,7-11H2,1H3. The molecule has 0 aliphatic carbocycles. The molecule has 0 bridgehead atoms. The van der Waals surface area contributed by atoms with E-state index in [0.29, 0.717) is 0 Å². The van der Waals surface area contributed by atoms with Crippen LogP contribution in [0.1, 0.15) is 51.9 Å². The largest absolute Gasteiger partial charge is 0.237 e. The van der Waals surface area contributed by atoms with Crippen LogP contribution >= 0.6 is 0 Å². The molecule has 0 aromatic heterocycles. The van der Waals surface area contributed by atoms with Crippen molar-refractivity contribution in [2.75, 3.05) is 6.61 Å². The topological polar surface area (TPSA) is 19.9 Å². The van der Waals surface area contributed by atoms with E-state index in [0.717, 1.165) is 19.3 Å². The van der Waals surface area contributed by atoms with Gasteiger partial charge in [-0.1, -0.05) is 38.3 Å². The summed E-state index contributed by atoms with van der Waals surface area (Å²) in [4.78, 5) is 0. The van der Waals surface area contributed by atoms with E-state index in [9.17, 15) is 5.11 Å². The minimum atomic E-state index is 0.0968. The van der Waals surface area contributed by atoms with Crippen LogP contribution in [0.5, 0.6) is 0 Å². The molecule has 0 N–H and O–H groups in total. The number of hydrogen-bond acceptors (Lipinski definition) is 0. The first-order chi connectivity index (χ1) is 5.91. The summed E-state index contributed by atoms with van der Waals surface area (Å²) in [6.45, 7) is 2.31. The molecule has 0 amide bonds. The summed E-state index contributed by atoms with van der Waals surface area (Å²) >= 11 is 0. The molecular formula is C11H21O. The van der Waals surface area contributed by atoms with Gasteiger partial charge in [-0.2, -0.15) is 0 Å². The maximum Gasteiger partial charge on any atom is 0.0822 e. The molecule has 0 unspecified atom stereocenters. The molecule has 0 atom stereocenters. The van der Waals surface area contributed by atoms with Crippen LogP contribution in [-0.2, 0) is 5.11 Å². The third-order valence-electron chi connectivity index (χ3n) is 1.91. The van der Waals surface area contributed by atoms with Crippen molar-refractivity contribution in [3.63, 3.8) is 0 Å². The van der Waals surface area contributed by atoms with E-state index < -0.39 is 0 Å². The van der Waals surface area contributed by atoms with E-state index in [4.69, 9.17) is 0 Å². The predicted octanol–water partition coefficient (Wildman–Crippen LogP) is 3.72. The SMILES string of the molecule is CCCCC=CCCCCC[O]. The molecule has 0 aliphatic rings. The highest BCUT2D eigenvalue weighted by molar-refractivity contribution is 4.80. The second-order valence-corrected chi connectivity index (χ2v) is 3.17. The molecular weight excluding hydrogens is 148 g/mol. The van der Waals surface area contributed by atoms with Gasteiger partial charge in [0, 0.05) is 0 Å². The number of unbranched alkanes of at least 4 members (excludes halogenated alkanes) is 5. The maximum atomic E-state index is 10.1. The number of rotatable bonds is 8. The molecule has 0 rings (SSSR count). The molecule has 0 spiro atoms. The molecule has 1 heteroatoms. The van der Waals surface area contributed by atoms with Crippen molar-refractivity contribution in [3.8, 4) is 0 Å². The van der Waals surface area contributed by atoms with Crippen LogP contribution in [0, 0.1) is 0 Å². The van der Waals surface area contributed by atoms with Crippen LogP contribution in [0.15, 0.2) is 12.2 Å². The molecule has 0 saturated carbocycles. The monoisotopic (exact) mass is 169 g/mol. The summed E-state index contributed by atoms with van der Waals surface area (Å²) in [7, 11) is 0. The van der Waals surface area contributed by atoms with E-state index in [1.165, 1.54) is 25.7 Å². The van der Waals surface area contributed by atoms with Gasteiger partial charge < -0.3 is 0 Å². The second kappa shape index (κ2) is 10.7. The average molecular weight is 169 g/mol. The van der Waals surface area contributed by atoms with Crippen molar-refractivity contribution in [1.82, 2.24) is 0 Å². The Morgan fingerprint density at radius 3 is 2.17 bits per heavy atom. The zero-order valence-corrected chi connectivity index (χ0v) is 8.22. The van der Waals surface area contributed by atoms with E-state index in [-0.39, 0.29) is 6.61 Å². The minimum absolute atomic E-state index is 0.0968. The van der Waals surface area contributed by atoms with Crippen molar-refractivity contribution < 1.29 is 5.11 Å². The van der Waals surface area contributed by atoms with Gasteiger partial charge in [-0.15, -0.1) is 0 Å². The molecule has 0 aromatic rings. The Kier molecular flexibility index (Phi) is 10.4. The molecule has 71 valence electrons. The Balaban J connectivity index is 2.92. The van der Waals surface area contributed by atoms with Gasteiger partial charge >= 0.3 is 0 Å². The van der Waals surface area contributed by atoms with E-state index in [1.54, 1.807) is 0 Å². The first kappa shape index (κ1) is 11.7. The van der Waals surface area contributed by atoms with Crippen molar-refractivity contribution >= 4 is 0 Å². The van der Waals surface area contributed by atoms with Crippen molar-refractivity contribution in [2.24, 2.45) is 0 Å². The molecule has 1 nitrogen and oxygen atoms in total. The third kappa shape index (κ3) is 9.70. The zero-order valence-electron chi connectivity index (χ0n) is 8.22. The normalized spacial score (nSPS) is 11.2. The average Bonchev–Trinajstić information content (AvgIpc) is 2.10. The molecule has 12 heavy (non-hydrogen) atoms. The van der Waals surface area contributed by atoms with Crippen molar-refractivity contribution in [1.29, 1.82) is 0 Å². The first-order valence-electron chi connectivity index (χ1n) is 5.15. The van der Waals surface area contributed by atoms with Gasteiger partial charge in [0.2, 0.25) is 0 Å². The lowest BCUT2D eigenvalue weighted by Gasteiger charge is -1.93. The lowest BCUT2D eigenvalue weighted by Crippen LogP contribution is -1.79. The fraction of sp³-hybridized carbons (Fsp3) is 0.818. The van der Waals surface area contributed by atoms with Gasteiger partial charge in [0.25, 0.3) is 0 Å². The lowest BCUT2D eigenvalue weighted by molar-refractivity contribution is 0.186. The van der Waals surface area contributed by atoms with Gasteiger partial charge in [0.05, 0.1) is 6.61 Å². The van der Waals surface area contributed by atoms with Crippen molar-refractivity contribution in [2.45, 2.75) is 51.9 Å². The Morgan fingerprint density at radius 1 is 0.917 bits per heavy atom. The fourth-order valence-electron chi connectivity index (χ4n) is 1.10. The molecule has 1 radical (unpaired) electrons. The van der Waals surface area contributed by atoms with Gasteiger partial charge in [0.1, 0.15) is 0 Å². The van der Waals surface area contributed by atoms with Gasteiger partial charge in [-0.3, -0.25) is 0 Å². The Bertz CT molecular complexity index is 97.2. The summed E-state index contributed by atoms with van der Waals surface area (Å²) in [6.07, 6.45) is 12.6. The summed E-state index contributed by atoms with van der Waals surface area (Å²) in [6, 6.07) is 0. The van der Waals surface area contributed by atoms with Crippen molar-refractivity contribution in [3.05, 3.63) is 12.2 Å². The van der Waals surface area contributed by atoms with E-state index >= 15 is 0 Å². The van der Waals surface area contributed by atoms with Gasteiger partial charge in [-0.25, -0.2) is 5.11 Å². The lowest BCUT2D eigenvalue weighted by atomic mass is 10.1. The predicted molar refractivity (Wildman–Crippen MR) is 52.7 cm³/mol. The Labute approximate surface area is 76.5 Å². The zero-order chi connectivity index (χ0) is 9.07. The van der Waals surface area contributed by atoms with Gasteiger partial charge in [0.15, 0.2) is 0 Å². The third-order valence-corrected chi connectivity index (χ3v) is 1.91. The second-order valence-electron chi connectivity index (χ2n) is 3.17. The van der Waals surface area contributed by atoms with Crippen LogP contribution in [0.4, 0.5) is 0 Å². The molecule has 0 fully saturated rings. The smallest absolute Gasteiger partial charge is 0.0822 e. The Hall–Kier alpha value is -0.300. The van der Waals surface area contributed by atoms with Crippen LogP contribution in [-0.4, -0.2) is 6.61 Å². The molecule has 0 aromatic carbocycles. The highest BCUT2D eigenvalue weighted by Crippen LogP contribution is 2.02. The molecule has 0 heterocycles. The van der Waals surface area contributed by atoms with Crippen LogP contribution < -0.4 is 0 Å². The van der Waals surface area contributed by atoms with Crippen LogP contribution in [0.25, 0.3) is 0 Å².